The molecule has 0 saturated carbocycles. The van der Waals surface area contributed by atoms with Gasteiger partial charge in [-0.15, -0.1) is 0 Å². The molecule has 0 aliphatic carbocycles. The van der Waals surface area contributed by atoms with Gasteiger partial charge in [-0.05, 0) is 55.0 Å². The minimum atomic E-state index is -0.0331. The Kier molecular flexibility index (Phi) is 6.43. The number of carbonyl (C=O) groups excluding carboxylic acids is 1. The van der Waals surface area contributed by atoms with E-state index in [1.54, 1.807) is 19.2 Å². The second kappa shape index (κ2) is 8.98. The molecule has 0 radical (unpaired) electrons. The van der Waals surface area contributed by atoms with E-state index >= 15 is 0 Å². The Morgan fingerprint density at radius 2 is 2.11 bits per heavy atom. The van der Waals surface area contributed by atoms with Gasteiger partial charge < -0.3 is 18.8 Å². The van der Waals surface area contributed by atoms with Crippen molar-refractivity contribution in [2.24, 2.45) is 5.92 Å². The first-order valence-electron chi connectivity index (χ1n) is 9.78. The standard InChI is InChI=1S/C22H29NO4/c1-4-6-17-8-10-19(21(13-17)25-3)26-15-18-9-11-20(27-18)22(24)23-12-5-7-16(2)14-23/h8-11,13,16H,4-7,12,14-15H2,1-3H3. The van der Waals surface area contributed by atoms with Crippen LogP contribution in [-0.4, -0.2) is 31.0 Å². The Labute approximate surface area is 161 Å². The lowest BCUT2D eigenvalue weighted by atomic mass is 10.0. The van der Waals surface area contributed by atoms with Crippen molar-refractivity contribution in [2.75, 3.05) is 20.2 Å². The maximum Gasteiger partial charge on any atom is 0.289 e. The summed E-state index contributed by atoms with van der Waals surface area (Å²) in [4.78, 5) is 14.5. The van der Waals surface area contributed by atoms with Crippen molar-refractivity contribution in [1.29, 1.82) is 0 Å². The zero-order valence-electron chi connectivity index (χ0n) is 16.5. The zero-order valence-corrected chi connectivity index (χ0v) is 16.5. The van der Waals surface area contributed by atoms with E-state index in [0.717, 1.165) is 32.4 Å². The van der Waals surface area contributed by atoms with Crippen molar-refractivity contribution >= 4 is 5.91 Å². The number of furan rings is 1. The predicted molar refractivity (Wildman–Crippen MR) is 104 cm³/mol. The molecule has 0 N–H and O–H groups in total. The summed E-state index contributed by atoms with van der Waals surface area (Å²) in [6.07, 6.45) is 4.33. The van der Waals surface area contributed by atoms with Gasteiger partial charge >= 0.3 is 0 Å². The summed E-state index contributed by atoms with van der Waals surface area (Å²) in [5.41, 5.74) is 1.23. The normalized spacial score (nSPS) is 17.0. The van der Waals surface area contributed by atoms with E-state index < -0.39 is 0 Å². The van der Waals surface area contributed by atoms with Crippen LogP contribution in [-0.2, 0) is 13.0 Å². The molecule has 1 atom stereocenters. The minimum absolute atomic E-state index is 0.0331. The van der Waals surface area contributed by atoms with Gasteiger partial charge in [-0.3, -0.25) is 4.79 Å². The summed E-state index contributed by atoms with van der Waals surface area (Å²) in [5.74, 6) is 2.91. The van der Waals surface area contributed by atoms with Gasteiger partial charge in [-0.25, -0.2) is 0 Å². The van der Waals surface area contributed by atoms with E-state index in [0.29, 0.717) is 28.9 Å². The highest BCUT2D eigenvalue weighted by atomic mass is 16.5. The van der Waals surface area contributed by atoms with Crippen LogP contribution in [0.3, 0.4) is 0 Å². The van der Waals surface area contributed by atoms with Gasteiger partial charge in [0.15, 0.2) is 17.3 Å². The van der Waals surface area contributed by atoms with Crippen molar-refractivity contribution in [3.63, 3.8) is 0 Å². The van der Waals surface area contributed by atoms with Crippen LogP contribution in [0.1, 0.15) is 55.0 Å². The molecule has 3 rings (SSSR count). The average Bonchev–Trinajstić information content (AvgIpc) is 3.15. The lowest BCUT2D eigenvalue weighted by Gasteiger charge is -2.30. The molecule has 146 valence electrons. The molecule has 0 bridgehead atoms. The highest BCUT2D eigenvalue weighted by molar-refractivity contribution is 5.91. The predicted octanol–water partition coefficient (Wildman–Crippen LogP) is 4.69. The van der Waals surface area contributed by atoms with Crippen molar-refractivity contribution in [3.05, 3.63) is 47.4 Å². The molecule has 1 aliphatic heterocycles. The van der Waals surface area contributed by atoms with Crippen LogP contribution in [0.15, 0.2) is 34.7 Å². The van der Waals surface area contributed by atoms with Crippen molar-refractivity contribution in [3.8, 4) is 11.5 Å². The molecule has 1 fully saturated rings. The smallest absolute Gasteiger partial charge is 0.289 e. The lowest BCUT2D eigenvalue weighted by molar-refractivity contribution is 0.0647. The van der Waals surface area contributed by atoms with E-state index in [9.17, 15) is 4.79 Å². The van der Waals surface area contributed by atoms with Crippen LogP contribution in [0.5, 0.6) is 11.5 Å². The molecule has 2 heterocycles. The summed E-state index contributed by atoms with van der Waals surface area (Å²) in [6, 6.07) is 9.53. The molecular formula is C22H29NO4. The highest BCUT2D eigenvalue weighted by Crippen LogP contribution is 2.29. The summed E-state index contributed by atoms with van der Waals surface area (Å²) in [7, 11) is 1.64. The molecule has 1 aliphatic rings. The van der Waals surface area contributed by atoms with Crippen LogP contribution in [0.4, 0.5) is 0 Å². The highest BCUT2D eigenvalue weighted by Gasteiger charge is 2.24. The first-order valence-corrected chi connectivity index (χ1v) is 9.78. The van der Waals surface area contributed by atoms with Gasteiger partial charge in [0.2, 0.25) is 0 Å². The van der Waals surface area contributed by atoms with Gasteiger partial charge in [0.1, 0.15) is 12.4 Å². The molecule has 2 aromatic rings. The number of amides is 1. The first-order chi connectivity index (χ1) is 13.1. The van der Waals surface area contributed by atoms with Crippen molar-refractivity contribution < 1.29 is 18.7 Å². The van der Waals surface area contributed by atoms with Gasteiger partial charge in [0.05, 0.1) is 7.11 Å². The monoisotopic (exact) mass is 371 g/mol. The number of nitrogens with zero attached hydrogens (tertiary/aromatic N) is 1. The van der Waals surface area contributed by atoms with Crippen molar-refractivity contribution in [1.82, 2.24) is 4.90 Å². The Morgan fingerprint density at radius 1 is 1.26 bits per heavy atom. The fraction of sp³-hybridized carbons (Fsp3) is 0.500. The zero-order chi connectivity index (χ0) is 19.2. The Morgan fingerprint density at radius 3 is 2.85 bits per heavy atom. The lowest BCUT2D eigenvalue weighted by Crippen LogP contribution is -2.38. The van der Waals surface area contributed by atoms with Crippen LogP contribution < -0.4 is 9.47 Å². The Hall–Kier alpha value is -2.43. The molecule has 1 saturated heterocycles. The SMILES string of the molecule is CCCc1ccc(OCc2ccc(C(=O)N3CCCC(C)C3)o2)c(OC)c1. The van der Waals surface area contributed by atoms with E-state index in [-0.39, 0.29) is 12.5 Å². The number of methoxy groups -OCH3 is 1. The summed E-state index contributed by atoms with van der Waals surface area (Å²) in [5, 5.41) is 0. The number of likely N-dealkylation sites (tertiary alicyclic amines) is 1. The third-order valence-electron chi connectivity index (χ3n) is 4.95. The minimum Gasteiger partial charge on any atom is -0.493 e. The number of hydrogen-bond acceptors (Lipinski definition) is 4. The third kappa shape index (κ3) is 4.85. The van der Waals surface area contributed by atoms with E-state index in [1.165, 1.54) is 12.0 Å². The fourth-order valence-electron chi connectivity index (χ4n) is 3.52. The third-order valence-corrected chi connectivity index (χ3v) is 4.95. The molecule has 1 aromatic heterocycles. The Bertz CT molecular complexity index is 767. The molecule has 1 amide bonds. The molecular weight excluding hydrogens is 342 g/mol. The molecule has 1 aromatic carbocycles. The topological polar surface area (TPSA) is 51.9 Å². The Balaban J connectivity index is 1.62. The second-order valence-corrected chi connectivity index (χ2v) is 7.29. The fourth-order valence-corrected chi connectivity index (χ4v) is 3.52. The average molecular weight is 371 g/mol. The molecule has 0 spiro atoms. The first kappa shape index (κ1) is 19.3. The number of ether oxygens (including phenoxy) is 2. The molecule has 27 heavy (non-hydrogen) atoms. The van der Waals surface area contributed by atoms with E-state index in [2.05, 4.69) is 19.9 Å². The van der Waals surface area contributed by atoms with Gasteiger partial charge in [-0.1, -0.05) is 26.3 Å². The largest absolute Gasteiger partial charge is 0.493 e. The van der Waals surface area contributed by atoms with Crippen LogP contribution in [0, 0.1) is 5.92 Å². The van der Waals surface area contributed by atoms with Gasteiger partial charge in [0, 0.05) is 13.1 Å². The van der Waals surface area contributed by atoms with Crippen LogP contribution >= 0.6 is 0 Å². The number of benzene rings is 1. The summed E-state index contributed by atoms with van der Waals surface area (Å²) < 4.78 is 17.0. The van der Waals surface area contributed by atoms with Crippen molar-refractivity contribution in [2.45, 2.75) is 46.1 Å². The second-order valence-electron chi connectivity index (χ2n) is 7.29. The molecule has 5 heteroatoms. The van der Waals surface area contributed by atoms with Gasteiger partial charge in [0.25, 0.3) is 5.91 Å². The molecule has 5 nitrogen and oxygen atoms in total. The molecule has 1 unspecified atom stereocenters. The summed E-state index contributed by atoms with van der Waals surface area (Å²) in [6.45, 7) is 6.19. The maximum atomic E-state index is 12.6. The quantitative estimate of drug-likeness (QED) is 0.708. The van der Waals surface area contributed by atoms with Crippen LogP contribution in [0.25, 0.3) is 0 Å². The number of piperidine rings is 1. The number of carbonyl (C=O) groups is 1. The van der Waals surface area contributed by atoms with E-state index in [1.807, 2.05) is 17.0 Å². The van der Waals surface area contributed by atoms with Crippen LogP contribution in [0.2, 0.25) is 0 Å². The maximum absolute atomic E-state index is 12.6. The summed E-state index contributed by atoms with van der Waals surface area (Å²) >= 11 is 0. The number of hydrogen-bond donors (Lipinski definition) is 0. The van der Waals surface area contributed by atoms with E-state index in [4.69, 9.17) is 13.9 Å². The number of rotatable bonds is 7. The van der Waals surface area contributed by atoms with Gasteiger partial charge in [-0.2, -0.15) is 0 Å². The number of aryl methyl sites for hydroxylation is 1.